The fourth-order valence-corrected chi connectivity index (χ4v) is 2.93. The van der Waals surface area contributed by atoms with Gasteiger partial charge in [-0.1, -0.05) is 23.5 Å². The summed E-state index contributed by atoms with van der Waals surface area (Å²) in [5, 5.41) is 7.44. The summed E-state index contributed by atoms with van der Waals surface area (Å²) in [6, 6.07) is 6.00. The van der Waals surface area contributed by atoms with Gasteiger partial charge in [-0.3, -0.25) is 14.8 Å². The Labute approximate surface area is 125 Å². The topological polar surface area (TPSA) is 59.8 Å². The lowest BCUT2D eigenvalue weighted by Gasteiger charge is -1.94. The van der Waals surface area contributed by atoms with Crippen LogP contribution in [0.15, 0.2) is 36.7 Å². The zero-order chi connectivity index (χ0) is 14.8. The number of hydrogen-bond acceptors (Lipinski definition) is 4. The fraction of sp³-hybridized carbons (Fsp3) is 0.133. The van der Waals surface area contributed by atoms with E-state index in [9.17, 15) is 4.79 Å². The van der Waals surface area contributed by atoms with E-state index >= 15 is 0 Å². The zero-order valence-electron chi connectivity index (χ0n) is 11.7. The smallest absolute Gasteiger partial charge is 0.250 e. The van der Waals surface area contributed by atoms with E-state index in [2.05, 4.69) is 15.4 Å². The number of nitrogens with zero attached hydrogens (tertiary/aromatic N) is 3. The Morgan fingerprint density at radius 3 is 3.00 bits per heavy atom. The molecular weight excluding hydrogens is 284 g/mol. The van der Waals surface area contributed by atoms with Gasteiger partial charge in [0.1, 0.15) is 0 Å². The normalized spacial score (nSPS) is 11.3. The Bertz CT molecular complexity index is 831. The van der Waals surface area contributed by atoms with Gasteiger partial charge in [0.15, 0.2) is 5.13 Å². The summed E-state index contributed by atoms with van der Waals surface area (Å²) in [6.45, 7) is 2.01. The number of benzene rings is 1. The first-order valence-electron chi connectivity index (χ1n) is 6.46. The lowest BCUT2D eigenvalue weighted by Crippen LogP contribution is -2.07. The quantitative estimate of drug-likeness (QED) is 0.756. The second-order valence-corrected chi connectivity index (χ2v) is 5.74. The average molecular weight is 298 g/mol. The minimum Gasteiger partial charge on any atom is -0.298 e. The van der Waals surface area contributed by atoms with Crippen molar-refractivity contribution in [2.45, 2.75) is 6.92 Å². The summed E-state index contributed by atoms with van der Waals surface area (Å²) < 4.78 is 2.76. The molecule has 6 heteroatoms. The van der Waals surface area contributed by atoms with Crippen molar-refractivity contribution in [3.05, 3.63) is 47.8 Å². The van der Waals surface area contributed by atoms with Crippen LogP contribution < -0.4 is 5.32 Å². The highest BCUT2D eigenvalue weighted by Crippen LogP contribution is 2.27. The van der Waals surface area contributed by atoms with E-state index in [-0.39, 0.29) is 5.91 Å². The summed E-state index contributed by atoms with van der Waals surface area (Å²) in [6.07, 6.45) is 6.74. The second-order valence-electron chi connectivity index (χ2n) is 4.71. The Morgan fingerprint density at radius 2 is 2.29 bits per heavy atom. The maximum absolute atomic E-state index is 11.9. The first-order valence-corrected chi connectivity index (χ1v) is 7.27. The average Bonchev–Trinajstić information content (AvgIpc) is 3.03. The summed E-state index contributed by atoms with van der Waals surface area (Å²) in [7, 11) is 1.83. The van der Waals surface area contributed by atoms with Gasteiger partial charge in [-0.05, 0) is 24.6 Å². The fourth-order valence-electron chi connectivity index (χ4n) is 1.98. The number of carbonyl (C=O) groups excluding carboxylic acids is 1. The molecule has 1 N–H and O–H groups in total. The van der Waals surface area contributed by atoms with Crippen molar-refractivity contribution in [2.75, 3.05) is 5.32 Å². The minimum absolute atomic E-state index is 0.199. The Morgan fingerprint density at radius 1 is 1.43 bits per heavy atom. The number of hydrogen-bond donors (Lipinski definition) is 1. The predicted octanol–water partition coefficient (Wildman–Crippen LogP) is 2.99. The molecule has 0 bridgehead atoms. The number of aromatic nitrogens is 3. The number of amides is 1. The van der Waals surface area contributed by atoms with Gasteiger partial charge in [-0.15, -0.1) is 0 Å². The zero-order valence-corrected chi connectivity index (χ0v) is 12.5. The summed E-state index contributed by atoms with van der Waals surface area (Å²) in [5.41, 5.74) is 2.93. The molecule has 0 spiro atoms. The molecule has 1 aromatic carbocycles. The maximum atomic E-state index is 11.9. The van der Waals surface area contributed by atoms with Crippen molar-refractivity contribution >= 4 is 38.7 Å². The molecule has 0 fully saturated rings. The molecule has 21 heavy (non-hydrogen) atoms. The van der Waals surface area contributed by atoms with E-state index in [1.54, 1.807) is 17.0 Å². The van der Waals surface area contributed by atoms with Gasteiger partial charge in [-0.2, -0.15) is 5.10 Å². The molecule has 2 heterocycles. The number of fused-ring (bicyclic) bond motifs is 1. The van der Waals surface area contributed by atoms with Gasteiger partial charge in [-0.25, -0.2) is 4.98 Å². The minimum atomic E-state index is -0.199. The molecule has 0 radical (unpaired) electrons. The maximum Gasteiger partial charge on any atom is 0.250 e. The third kappa shape index (κ3) is 3.00. The van der Waals surface area contributed by atoms with E-state index < -0.39 is 0 Å². The standard InChI is InChI=1S/C15H14N4OS/c1-10-4-3-5-12-14(10)18-15(21-12)17-13(20)7-6-11-8-16-19(2)9-11/h3-9H,1-2H3,(H,17,18,20)/b7-6+. The van der Waals surface area contributed by atoms with Crippen LogP contribution in [0.1, 0.15) is 11.1 Å². The summed E-state index contributed by atoms with van der Waals surface area (Å²) >= 11 is 1.47. The van der Waals surface area contributed by atoms with E-state index in [1.165, 1.54) is 17.4 Å². The first kappa shape index (κ1) is 13.5. The van der Waals surface area contributed by atoms with E-state index in [4.69, 9.17) is 0 Å². The van der Waals surface area contributed by atoms with E-state index in [0.29, 0.717) is 5.13 Å². The molecular formula is C15H14N4OS. The highest BCUT2D eigenvalue weighted by atomic mass is 32.1. The van der Waals surface area contributed by atoms with Crippen molar-refractivity contribution in [1.29, 1.82) is 0 Å². The number of para-hydroxylation sites is 1. The number of nitrogens with one attached hydrogen (secondary N) is 1. The molecule has 0 aliphatic carbocycles. The summed E-state index contributed by atoms with van der Waals surface area (Å²) in [5.74, 6) is -0.199. The third-order valence-corrected chi connectivity index (χ3v) is 3.94. The van der Waals surface area contributed by atoms with Crippen molar-refractivity contribution in [3.63, 3.8) is 0 Å². The van der Waals surface area contributed by atoms with Gasteiger partial charge in [0.25, 0.3) is 0 Å². The van der Waals surface area contributed by atoms with Gasteiger partial charge < -0.3 is 0 Å². The molecule has 0 unspecified atom stereocenters. The lowest BCUT2D eigenvalue weighted by molar-refractivity contribution is -0.111. The van der Waals surface area contributed by atoms with Gasteiger partial charge in [0.05, 0.1) is 16.4 Å². The van der Waals surface area contributed by atoms with Crippen LogP contribution in [-0.2, 0) is 11.8 Å². The van der Waals surface area contributed by atoms with Crippen LogP contribution in [-0.4, -0.2) is 20.7 Å². The van der Waals surface area contributed by atoms with Gasteiger partial charge in [0, 0.05) is 24.9 Å². The molecule has 3 rings (SSSR count). The predicted molar refractivity (Wildman–Crippen MR) is 85.2 cm³/mol. The number of carbonyl (C=O) groups is 1. The second kappa shape index (κ2) is 5.49. The van der Waals surface area contributed by atoms with Crippen LogP contribution in [0.5, 0.6) is 0 Å². The third-order valence-electron chi connectivity index (χ3n) is 3.00. The Balaban J connectivity index is 1.74. The molecule has 0 aliphatic heterocycles. The molecule has 2 aromatic heterocycles. The lowest BCUT2D eigenvalue weighted by atomic mass is 10.2. The van der Waals surface area contributed by atoms with Crippen LogP contribution in [0.4, 0.5) is 5.13 Å². The van der Waals surface area contributed by atoms with Crippen LogP contribution in [0.25, 0.3) is 16.3 Å². The largest absolute Gasteiger partial charge is 0.298 e. The number of aryl methyl sites for hydroxylation is 2. The molecule has 0 saturated carbocycles. The van der Waals surface area contributed by atoms with Crippen molar-refractivity contribution in [2.24, 2.45) is 7.05 Å². The van der Waals surface area contributed by atoms with E-state index in [0.717, 1.165) is 21.3 Å². The molecule has 106 valence electrons. The van der Waals surface area contributed by atoms with Crippen LogP contribution in [0.2, 0.25) is 0 Å². The molecule has 5 nitrogen and oxygen atoms in total. The molecule has 0 aliphatic rings. The van der Waals surface area contributed by atoms with Gasteiger partial charge >= 0.3 is 0 Å². The molecule has 1 amide bonds. The first-order chi connectivity index (χ1) is 10.1. The number of thiazole rings is 1. The highest BCUT2D eigenvalue weighted by Gasteiger charge is 2.07. The SMILES string of the molecule is Cc1cccc2sc(NC(=O)/C=C/c3cnn(C)c3)nc12. The van der Waals surface area contributed by atoms with Crippen molar-refractivity contribution < 1.29 is 4.79 Å². The van der Waals surface area contributed by atoms with Crippen molar-refractivity contribution in [1.82, 2.24) is 14.8 Å². The Kier molecular flexibility index (Phi) is 3.53. The van der Waals surface area contributed by atoms with Crippen LogP contribution >= 0.6 is 11.3 Å². The van der Waals surface area contributed by atoms with Gasteiger partial charge in [0.2, 0.25) is 5.91 Å². The Hall–Kier alpha value is -2.47. The van der Waals surface area contributed by atoms with Crippen molar-refractivity contribution in [3.8, 4) is 0 Å². The number of rotatable bonds is 3. The highest BCUT2D eigenvalue weighted by molar-refractivity contribution is 7.22. The molecule has 0 atom stereocenters. The molecule has 0 saturated heterocycles. The number of anilines is 1. The molecule has 3 aromatic rings. The van der Waals surface area contributed by atoms with Crippen LogP contribution in [0.3, 0.4) is 0 Å². The van der Waals surface area contributed by atoms with Crippen LogP contribution in [0, 0.1) is 6.92 Å². The monoisotopic (exact) mass is 298 g/mol. The van der Waals surface area contributed by atoms with E-state index in [1.807, 2.05) is 38.4 Å². The summed E-state index contributed by atoms with van der Waals surface area (Å²) in [4.78, 5) is 16.3.